The number of ether oxygens (including phenoxy) is 2. The molecule has 198 valence electrons. The molecule has 38 heavy (non-hydrogen) atoms. The highest BCUT2D eigenvalue weighted by Gasteiger charge is 2.15. The number of hydrogen-bond donors (Lipinski definition) is 3. The van der Waals surface area contributed by atoms with Gasteiger partial charge in [0.05, 0.1) is 17.8 Å². The van der Waals surface area contributed by atoms with Gasteiger partial charge in [-0.05, 0) is 70.7 Å². The molecule has 0 aliphatic heterocycles. The number of amides is 3. The third kappa shape index (κ3) is 8.32. The molecule has 0 fully saturated rings. The standard InChI is InChI=1S/C27H26BrClN4O5/c1-16-4-7-18(8-5-16)13-30-26(35)27(36)33-31-14-19-10-21(28)25(23(11-19)37-3)38-15-24(34)32-22-12-20(29)9-6-17(22)2/h4-12,14H,13,15H2,1-3H3,(H,30,35)(H,32,34)(H,33,36)/b31-14-. The Kier molecular flexibility index (Phi) is 10.3. The fraction of sp³-hybridized carbons (Fsp3) is 0.185. The van der Waals surface area contributed by atoms with Crippen LogP contribution in [0.1, 0.15) is 22.3 Å². The molecule has 11 heteroatoms. The van der Waals surface area contributed by atoms with E-state index in [4.69, 9.17) is 21.1 Å². The fourth-order valence-electron chi connectivity index (χ4n) is 3.19. The number of methoxy groups -OCH3 is 1. The molecule has 0 spiro atoms. The number of benzene rings is 3. The fourth-order valence-corrected chi connectivity index (χ4v) is 3.94. The van der Waals surface area contributed by atoms with Gasteiger partial charge in [0, 0.05) is 17.3 Å². The van der Waals surface area contributed by atoms with Gasteiger partial charge in [0.15, 0.2) is 18.1 Å². The Hall–Kier alpha value is -3.89. The molecule has 9 nitrogen and oxygen atoms in total. The van der Waals surface area contributed by atoms with Gasteiger partial charge in [-0.3, -0.25) is 14.4 Å². The lowest BCUT2D eigenvalue weighted by Gasteiger charge is -2.14. The maximum absolute atomic E-state index is 12.4. The summed E-state index contributed by atoms with van der Waals surface area (Å²) in [6.45, 7) is 3.76. The van der Waals surface area contributed by atoms with E-state index < -0.39 is 11.8 Å². The second-order valence-corrected chi connectivity index (χ2v) is 9.49. The summed E-state index contributed by atoms with van der Waals surface area (Å²) >= 11 is 9.40. The van der Waals surface area contributed by atoms with Gasteiger partial charge in [-0.15, -0.1) is 0 Å². The Morgan fingerprint density at radius 1 is 1.03 bits per heavy atom. The summed E-state index contributed by atoms with van der Waals surface area (Å²) in [5.41, 5.74) is 6.16. The van der Waals surface area contributed by atoms with Crippen molar-refractivity contribution in [1.29, 1.82) is 0 Å². The number of hydrazone groups is 1. The molecule has 3 N–H and O–H groups in total. The van der Waals surface area contributed by atoms with Crippen LogP contribution in [-0.2, 0) is 20.9 Å². The number of halogens is 2. The normalized spacial score (nSPS) is 10.7. The zero-order chi connectivity index (χ0) is 27.7. The largest absolute Gasteiger partial charge is 0.493 e. The van der Waals surface area contributed by atoms with Crippen LogP contribution in [0.3, 0.4) is 0 Å². The van der Waals surface area contributed by atoms with Crippen molar-refractivity contribution in [2.45, 2.75) is 20.4 Å². The van der Waals surface area contributed by atoms with E-state index in [1.54, 1.807) is 30.3 Å². The van der Waals surface area contributed by atoms with E-state index in [9.17, 15) is 14.4 Å². The number of aryl methyl sites for hydroxylation is 2. The lowest BCUT2D eigenvalue weighted by molar-refractivity contribution is -0.139. The maximum Gasteiger partial charge on any atom is 0.329 e. The monoisotopic (exact) mass is 600 g/mol. The first kappa shape index (κ1) is 28.7. The van der Waals surface area contributed by atoms with Crippen molar-refractivity contribution >= 4 is 57.2 Å². The molecular weight excluding hydrogens is 576 g/mol. The molecule has 3 aromatic carbocycles. The summed E-state index contributed by atoms with van der Waals surface area (Å²) < 4.78 is 11.6. The topological polar surface area (TPSA) is 118 Å². The number of carbonyl (C=O) groups excluding carboxylic acids is 3. The summed E-state index contributed by atoms with van der Waals surface area (Å²) in [6.07, 6.45) is 1.34. The molecular formula is C27H26BrClN4O5. The summed E-state index contributed by atoms with van der Waals surface area (Å²) in [5, 5.41) is 9.64. The maximum atomic E-state index is 12.4. The molecule has 0 saturated heterocycles. The van der Waals surface area contributed by atoms with Crippen LogP contribution in [0, 0.1) is 13.8 Å². The Balaban J connectivity index is 1.55. The second kappa shape index (κ2) is 13.6. The smallest absolute Gasteiger partial charge is 0.329 e. The number of rotatable bonds is 9. The van der Waals surface area contributed by atoms with Crippen LogP contribution in [-0.4, -0.2) is 37.7 Å². The first-order valence-electron chi connectivity index (χ1n) is 11.4. The Morgan fingerprint density at radius 3 is 2.47 bits per heavy atom. The van der Waals surface area contributed by atoms with Gasteiger partial charge in [-0.25, -0.2) is 5.43 Å². The second-order valence-electron chi connectivity index (χ2n) is 8.20. The Morgan fingerprint density at radius 2 is 1.76 bits per heavy atom. The number of nitrogens with zero attached hydrogens (tertiary/aromatic N) is 1. The van der Waals surface area contributed by atoms with Gasteiger partial charge in [0.2, 0.25) is 0 Å². The highest BCUT2D eigenvalue weighted by atomic mass is 79.9. The van der Waals surface area contributed by atoms with Crippen LogP contribution in [0.5, 0.6) is 11.5 Å². The summed E-state index contributed by atoms with van der Waals surface area (Å²) in [4.78, 5) is 36.5. The van der Waals surface area contributed by atoms with Crippen molar-refractivity contribution in [3.8, 4) is 11.5 Å². The van der Waals surface area contributed by atoms with Gasteiger partial charge < -0.3 is 20.1 Å². The van der Waals surface area contributed by atoms with Crippen molar-refractivity contribution in [3.63, 3.8) is 0 Å². The van der Waals surface area contributed by atoms with Crippen LogP contribution in [0.15, 0.2) is 64.2 Å². The van der Waals surface area contributed by atoms with Gasteiger partial charge in [0.1, 0.15) is 0 Å². The Labute approximate surface area is 233 Å². The van der Waals surface area contributed by atoms with Crippen molar-refractivity contribution in [3.05, 3.63) is 86.3 Å². The predicted octanol–water partition coefficient (Wildman–Crippen LogP) is 4.51. The number of carbonyl (C=O) groups is 3. The van der Waals surface area contributed by atoms with E-state index in [-0.39, 0.29) is 19.1 Å². The minimum absolute atomic E-state index is 0.221. The summed E-state index contributed by atoms with van der Waals surface area (Å²) in [7, 11) is 1.45. The molecule has 3 rings (SSSR count). The molecule has 0 unspecified atom stereocenters. The van der Waals surface area contributed by atoms with Gasteiger partial charge in [-0.2, -0.15) is 5.10 Å². The molecule has 3 aromatic rings. The third-order valence-electron chi connectivity index (χ3n) is 5.23. The van der Waals surface area contributed by atoms with Crippen LogP contribution >= 0.6 is 27.5 Å². The van der Waals surface area contributed by atoms with E-state index >= 15 is 0 Å². The zero-order valence-corrected chi connectivity index (χ0v) is 23.3. The highest BCUT2D eigenvalue weighted by molar-refractivity contribution is 9.10. The Bertz CT molecular complexity index is 1360. The molecule has 0 bridgehead atoms. The average molecular weight is 602 g/mol. The minimum atomic E-state index is -0.903. The molecule has 0 heterocycles. The number of nitrogens with one attached hydrogen (secondary N) is 3. The van der Waals surface area contributed by atoms with Crippen molar-refractivity contribution in [1.82, 2.24) is 10.7 Å². The van der Waals surface area contributed by atoms with Crippen molar-refractivity contribution in [2.75, 3.05) is 19.0 Å². The summed E-state index contributed by atoms with van der Waals surface area (Å²) in [6, 6.07) is 16.0. The molecule has 0 aromatic heterocycles. The van der Waals surface area contributed by atoms with Crippen LogP contribution < -0.4 is 25.5 Å². The van der Waals surface area contributed by atoms with Crippen molar-refractivity contribution in [2.24, 2.45) is 5.10 Å². The van der Waals surface area contributed by atoms with E-state index in [0.29, 0.717) is 32.2 Å². The predicted molar refractivity (Wildman–Crippen MR) is 150 cm³/mol. The van der Waals surface area contributed by atoms with Crippen LogP contribution in [0.2, 0.25) is 5.02 Å². The van der Waals surface area contributed by atoms with Gasteiger partial charge in [0.25, 0.3) is 5.91 Å². The van der Waals surface area contributed by atoms with Crippen molar-refractivity contribution < 1.29 is 23.9 Å². The van der Waals surface area contributed by atoms with E-state index in [1.165, 1.54) is 13.3 Å². The molecule has 0 radical (unpaired) electrons. The molecule has 0 saturated carbocycles. The third-order valence-corrected chi connectivity index (χ3v) is 6.06. The SMILES string of the molecule is COc1cc(/C=N\NC(=O)C(=O)NCc2ccc(C)cc2)cc(Br)c1OCC(=O)Nc1cc(Cl)ccc1C. The van der Waals surface area contributed by atoms with Crippen LogP contribution in [0.25, 0.3) is 0 Å². The number of anilines is 1. The minimum Gasteiger partial charge on any atom is -0.493 e. The molecule has 0 atom stereocenters. The van der Waals surface area contributed by atoms with Gasteiger partial charge in [-0.1, -0.05) is 47.5 Å². The molecule has 3 amide bonds. The first-order valence-corrected chi connectivity index (χ1v) is 12.6. The van der Waals surface area contributed by atoms with E-state index in [0.717, 1.165) is 16.7 Å². The molecule has 0 aliphatic carbocycles. The first-order chi connectivity index (χ1) is 18.2. The lowest BCUT2D eigenvalue weighted by atomic mass is 10.1. The zero-order valence-electron chi connectivity index (χ0n) is 20.9. The molecule has 0 aliphatic rings. The van der Waals surface area contributed by atoms with E-state index in [1.807, 2.05) is 38.1 Å². The number of hydrogen-bond acceptors (Lipinski definition) is 6. The average Bonchev–Trinajstić information content (AvgIpc) is 2.89. The van der Waals surface area contributed by atoms with Gasteiger partial charge >= 0.3 is 11.8 Å². The van der Waals surface area contributed by atoms with Crippen LogP contribution in [0.4, 0.5) is 5.69 Å². The lowest BCUT2D eigenvalue weighted by Crippen LogP contribution is -2.37. The quantitative estimate of drug-likeness (QED) is 0.190. The van der Waals surface area contributed by atoms with E-state index in [2.05, 4.69) is 37.1 Å². The highest BCUT2D eigenvalue weighted by Crippen LogP contribution is 2.36. The summed E-state index contributed by atoms with van der Waals surface area (Å²) in [5.74, 6) is -1.45.